The van der Waals surface area contributed by atoms with Gasteiger partial charge in [0, 0.05) is 21.5 Å². The van der Waals surface area contributed by atoms with Gasteiger partial charge in [-0.05, 0) is 46.8 Å². The van der Waals surface area contributed by atoms with E-state index in [1.165, 1.54) is 0 Å². The van der Waals surface area contributed by atoms with Gasteiger partial charge in [0.1, 0.15) is 5.75 Å². The van der Waals surface area contributed by atoms with Crippen LogP contribution in [0.5, 0.6) is 5.75 Å². The van der Waals surface area contributed by atoms with E-state index in [1.807, 2.05) is 59.0 Å². The molecule has 2 aromatic heterocycles. The third kappa shape index (κ3) is 2.15. The van der Waals surface area contributed by atoms with Crippen LogP contribution in [0.2, 0.25) is 0 Å². The smallest absolute Gasteiger partial charge is 0.263 e. The van der Waals surface area contributed by atoms with Gasteiger partial charge in [-0.15, -0.1) is 0 Å². The molecule has 0 amide bonds. The first-order valence-electron chi connectivity index (χ1n) is 9.62. The van der Waals surface area contributed by atoms with Crippen molar-refractivity contribution in [1.29, 1.82) is 0 Å². The van der Waals surface area contributed by atoms with Crippen molar-refractivity contribution < 1.29 is 4.74 Å². The minimum absolute atomic E-state index is 0.0192. The van der Waals surface area contributed by atoms with E-state index in [4.69, 9.17) is 4.74 Å². The Balaban J connectivity index is 1.87. The lowest BCUT2D eigenvalue weighted by Gasteiger charge is -2.08. The van der Waals surface area contributed by atoms with Gasteiger partial charge in [-0.1, -0.05) is 54.6 Å². The average molecular weight is 375 g/mol. The van der Waals surface area contributed by atoms with E-state index in [-0.39, 0.29) is 5.56 Å². The Labute approximate surface area is 166 Å². The molecule has 4 aromatic carbocycles. The summed E-state index contributed by atoms with van der Waals surface area (Å²) in [5.74, 6) is 0.792. The molecule has 2 heterocycles. The maximum Gasteiger partial charge on any atom is 0.263 e. The minimum atomic E-state index is 0.0192. The lowest BCUT2D eigenvalue weighted by Crippen LogP contribution is -2.12. The number of nitrogens with zero attached hydrogens (tertiary/aromatic N) is 1. The van der Waals surface area contributed by atoms with E-state index in [0.717, 1.165) is 54.8 Å². The SMILES string of the molecule is COc1cc2c3ccccc3c(=O)n3c4ccc(-c5ccccc5)cc4c(c1)c23. The highest BCUT2D eigenvalue weighted by molar-refractivity contribution is 6.21. The molecule has 0 radical (unpaired) electrons. The molecular weight excluding hydrogens is 358 g/mol. The molecule has 3 heteroatoms. The van der Waals surface area contributed by atoms with Crippen molar-refractivity contribution >= 4 is 38.0 Å². The highest BCUT2D eigenvalue weighted by Crippen LogP contribution is 2.38. The normalized spacial score (nSPS) is 11.8. The lowest BCUT2D eigenvalue weighted by molar-refractivity contribution is 0.416. The van der Waals surface area contributed by atoms with Crippen LogP contribution in [-0.4, -0.2) is 11.5 Å². The van der Waals surface area contributed by atoms with Gasteiger partial charge in [0.2, 0.25) is 0 Å². The second-order valence-electron chi connectivity index (χ2n) is 7.36. The highest BCUT2D eigenvalue weighted by atomic mass is 16.5. The summed E-state index contributed by atoms with van der Waals surface area (Å²) in [4.78, 5) is 13.4. The van der Waals surface area contributed by atoms with E-state index >= 15 is 0 Å². The number of methoxy groups -OCH3 is 1. The number of hydrogen-bond donors (Lipinski definition) is 0. The monoisotopic (exact) mass is 375 g/mol. The van der Waals surface area contributed by atoms with Crippen molar-refractivity contribution in [2.45, 2.75) is 0 Å². The van der Waals surface area contributed by atoms with Gasteiger partial charge in [-0.2, -0.15) is 0 Å². The number of rotatable bonds is 2. The first-order valence-corrected chi connectivity index (χ1v) is 9.62. The van der Waals surface area contributed by atoms with Crippen molar-refractivity contribution in [3.63, 3.8) is 0 Å². The van der Waals surface area contributed by atoms with E-state index in [1.54, 1.807) is 7.11 Å². The van der Waals surface area contributed by atoms with Gasteiger partial charge in [-0.25, -0.2) is 0 Å². The Hall–Kier alpha value is -3.85. The third-order valence-electron chi connectivity index (χ3n) is 5.83. The molecule has 0 fully saturated rings. The fourth-order valence-electron chi connectivity index (χ4n) is 4.49. The van der Waals surface area contributed by atoms with E-state index < -0.39 is 0 Å². The largest absolute Gasteiger partial charge is 0.497 e. The van der Waals surface area contributed by atoms with Crippen molar-refractivity contribution in [3.8, 4) is 16.9 Å². The molecular formula is C26H17NO2. The van der Waals surface area contributed by atoms with Crippen LogP contribution in [0, 0.1) is 0 Å². The second kappa shape index (κ2) is 5.82. The zero-order valence-corrected chi connectivity index (χ0v) is 15.8. The summed E-state index contributed by atoms with van der Waals surface area (Å²) < 4.78 is 7.47. The average Bonchev–Trinajstić information content (AvgIpc) is 3.12. The number of ether oxygens (including phenoxy) is 1. The van der Waals surface area contributed by atoms with Crippen LogP contribution in [-0.2, 0) is 0 Å². The lowest BCUT2D eigenvalue weighted by atomic mass is 10.0. The minimum Gasteiger partial charge on any atom is -0.497 e. The number of fused-ring (bicyclic) bond motifs is 5. The Morgan fingerprint density at radius 3 is 2.10 bits per heavy atom. The third-order valence-corrected chi connectivity index (χ3v) is 5.83. The molecule has 138 valence electrons. The number of hydrogen-bond acceptors (Lipinski definition) is 2. The second-order valence-corrected chi connectivity index (χ2v) is 7.36. The standard InChI is InChI=1S/C26H17NO2/c1-29-18-14-22-19-9-5-6-10-20(19)26(28)27-24-12-11-17(16-7-3-2-4-8-16)13-21(24)23(15-18)25(22)27/h2-15H,1H3. The predicted molar refractivity (Wildman–Crippen MR) is 119 cm³/mol. The summed E-state index contributed by atoms with van der Waals surface area (Å²) in [6, 6.07) is 28.5. The van der Waals surface area contributed by atoms with Crippen molar-refractivity contribution in [2.24, 2.45) is 0 Å². The molecule has 0 spiro atoms. The van der Waals surface area contributed by atoms with Crippen molar-refractivity contribution in [3.05, 3.63) is 95.3 Å². The maximum absolute atomic E-state index is 13.4. The number of benzene rings is 4. The molecule has 3 nitrogen and oxygen atoms in total. The van der Waals surface area contributed by atoms with Crippen LogP contribution < -0.4 is 10.3 Å². The van der Waals surface area contributed by atoms with Gasteiger partial charge >= 0.3 is 0 Å². The van der Waals surface area contributed by atoms with Crippen LogP contribution in [0.15, 0.2) is 89.7 Å². The molecule has 0 saturated heterocycles. The molecule has 0 bridgehead atoms. The molecule has 0 aliphatic carbocycles. The van der Waals surface area contributed by atoms with Crippen LogP contribution in [0.25, 0.3) is 49.1 Å². The van der Waals surface area contributed by atoms with Gasteiger partial charge in [0.05, 0.1) is 18.1 Å². The molecule has 6 rings (SSSR count). The Morgan fingerprint density at radius 1 is 0.655 bits per heavy atom. The van der Waals surface area contributed by atoms with E-state index in [9.17, 15) is 4.79 Å². The molecule has 0 atom stereocenters. The van der Waals surface area contributed by atoms with E-state index in [0.29, 0.717) is 0 Å². The van der Waals surface area contributed by atoms with Crippen molar-refractivity contribution in [2.75, 3.05) is 7.11 Å². The number of aromatic nitrogens is 1. The Kier molecular flexibility index (Phi) is 3.24. The fraction of sp³-hybridized carbons (Fsp3) is 0.0385. The van der Waals surface area contributed by atoms with Crippen LogP contribution >= 0.6 is 0 Å². The molecule has 0 N–H and O–H groups in total. The highest BCUT2D eigenvalue weighted by Gasteiger charge is 2.18. The van der Waals surface area contributed by atoms with Gasteiger partial charge in [0.15, 0.2) is 0 Å². The van der Waals surface area contributed by atoms with Crippen LogP contribution in [0.3, 0.4) is 0 Å². The zero-order valence-electron chi connectivity index (χ0n) is 15.8. The van der Waals surface area contributed by atoms with Gasteiger partial charge in [0.25, 0.3) is 5.56 Å². The van der Waals surface area contributed by atoms with Gasteiger partial charge in [-0.3, -0.25) is 9.20 Å². The molecule has 0 saturated carbocycles. The topological polar surface area (TPSA) is 30.7 Å². The first-order chi connectivity index (χ1) is 14.3. The van der Waals surface area contributed by atoms with Crippen molar-refractivity contribution in [1.82, 2.24) is 4.40 Å². The summed E-state index contributed by atoms with van der Waals surface area (Å²) in [6.45, 7) is 0. The predicted octanol–water partition coefficient (Wildman–Crippen LogP) is 5.87. The summed E-state index contributed by atoms with van der Waals surface area (Å²) in [5.41, 5.74) is 4.18. The maximum atomic E-state index is 13.4. The summed E-state index contributed by atoms with van der Waals surface area (Å²) in [7, 11) is 1.68. The first kappa shape index (κ1) is 16.1. The number of pyridine rings is 1. The molecule has 29 heavy (non-hydrogen) atoms. The molecule has 6 aromatic rings. The van der Waals surface area contributed by atoms with Gasteiger partial charge < -0.3 is 4.74 Å². The molecule has 0 aliphatic rings. The Bertz CT molecular complexity index is 1600. The zero-order chi connectivity index (χ0) is 19.5. The fourth-order valence-corrected chi connectivity index (χ4v) is 4.49. The Morgan fingerprint density at radius 2 is 1.34 bits per heavy atom. The summed E-state index contributed by atoms with van der Waals surface area (Å²) >= 11 is 0. The molecule has 0 unspecified atom stereocenters. The summed E-state index contributed by atoms with van der Waals surface area (Å²) in [6.07, 6.45) is 0. The van der Waals surface area contributed by atoms with Crippen LogP contribution in [0.1, 0.15) is 0 Å². The quantitative estimate of drug-likeness (QED) is 0.354. The summed E-state index contributed by atoms with van der Waals surface area (Å²) in [5, 5.41) is 4.81. The van der Waals surface area contributed by atoms with Crippen LogP contribution in [0.4, 0.5) is 0 Å². The van der Waals surface area contributed by atoms with E-state index in [2.05, 4.69) is 30.3 Å². The molecule has 0 aliphatic heterocycles.